The maximum absolute atomic E-state index is 12.7. The molecule has 1 aliphatic heterocycles. The lowest BCUT2D eigenvalue weighted by atomic mass is 10.2. The fraction of sp³-hybridized carbons (Fsp3) is 0.292. The molecule has 1 saturated heterocycles. The number of fused-ring (bicyclic) bond motifs is 1. The minimum atomic E-state index is -0.196. The van der Waals surface area contributed by atoms with Crippen LogP contribution in [-0.2, 0) is 20.9 Å². The summed E-state index contributed by atoms with van der Waals surface area (Å²) in [6, 6.07) is 15.4. The van der Waals surface area contributed by atoms with Crippen LogP contribution >= 0.6 is 11.8 Å². The summed E-state index contributed by atoms with van der Waals surface area (Å²) in [7, 11) is 1.62. The Morgan fingerprint density at radius 2 is 1.91 bits per heavy atom. The average Bonchev–Trinajstić information content (AvgIpc) is 3.21. The first-order valence-electron chi connectivity index (χ1n) is 10.7. The zero-order valence-corrected chi connectivity index (χ0v) is 19.2. The summed E-state index contributed by atoms with van der Waals surface area (Å²) in [6.07, 6.45) is 3.51. The minimum Gasteiger partial charge on any atom is -0.497 e. The molecule has 2 amide bonds. The summed E-state index contributed by atoms with van der Waals surface area (Å²) in [4.78, 5) is 27.7. The molecule has 1 aromatic heterocycles. The van der Waals surface area contributed by atoms with E-state index in [4.69, 9.17) is 9.47 Å². The highest BCUT2D eigenvalue weighted by atomic mass is 32.2. The van der Waals surface area contributed by atoms with E-state index in [0.717, 1.165) is 27.1 Å². The van der Waals surface area contributed by atoms with E-state index >= 15 is 0 Å². The van der Waals surface area contributed by atoms with Gasteiger partial charge in [0.15, 0.2) is 0 Å². The number of carbonyl (C=O) groups excluding carboxylic acids is 2. The largest absolute Gasteiger partial charge is 0.497 e. The maximum atomic E-state index is 12.7. The van der Waals surface area contributed by atoms with Gasteiger partial charge in [-0.05, 0) is 30.3 Å². The van der Waals surface area contributed by atoms with Gasteiger partial charge in [-0.1, -0.05) is 18.2 Å². The van der Waals surface area contributed by atoms with Crippen molar-refractivity contribution in [2.24, 2.45) is 5.10 Å². The molecule has 0 bridgehead atoms. The number of nitrogens with zero attached hydrogens (tertiary/aromatic N) is 3. The molecule has 0 atom stereocenters. The number of hydrogen-bond donors (Lipinski definition) is 1. The molecule has 33 heavy (non-hydrogen) atoms. The van der Waals surface area contributed by atoms with Crippen molar-refractivity contribution in [3.63, 3.8) is 0 Å². The first kappa shape index (κ1) is 22.9. The number of amides is 2. The van der Waals surface area contributed by atoms with E-state index in [1.165, 1.54) is 11.8 Å². The van der Waals surface area contributed by atoms with E-state index < -0.39 is 0 Å². The fourth-order valence-electron chi connectivity index (χ4n) is 3.59. The number of aromatic nitrogens is 1. The summed E-state index contributed by atoms with van der Waals surface area (Å²) < 4.78 is 12.4. The maximum Gasteiger partial charge on any atom is 0.250 e. The van der Waals surface area contributed by atoms with Crippen molar-refractivity contribution >= 4 is 40.7 Å². The van der Waals surface area contributed by atoms with Crippen LogP contribution in [0.4, 0.5) is 0 Å². The highest BCUT2D eigenvalue weighted by molar-refractivity contribution is 8.00. The Bertz CT molecular complexity index is 1140. The number of ether oxygens (including phenoxy) is 2. The molecule has 8 nitrogen and oxygen atoms in total. The van der Waals surface area contributed by atoms with Crippen LogP contribution in [0.1, 0.15) is 5.56 Å². The number of morpholine rings is 1. The Kier molecular flexibility index (Phi) is 7.64. The van der Waals surface area contributed by atoms with Crippen molar-refractivity contribution in [3.8, 4) is 5.75 Å². The van der Waals surface area contributed by atoms with Crippen LogP contribution in [0.3, 0.4) is 0 Å². The Labute approximate surface area is 196 Å². The van der Waals surface area contributed by atoms with E-state index in [-0.39, 0.29) is 24.1 Å². The van der Waals surface area contributed by atoms with Crippen molar-refractivity contribution in [3.05, 3.63) is 60.3 Å². The Morgan fingerprint density at radius 1 is 1.15 bits per heavy atom. The van der Waals surface area contributed by atoms with Gasteiger partial charge in [-0.3, -0.25) is 9.59 Å². The third kappa shape index (κ3) is 5.94. The number of benzene rings is 2. The van der Waals surface area contributed by atoms with Gasteiger partial charge in [0.05, 0.1) is 32.3 Å². The van der Waals surface area contributed by atoms with E-state index in [1.54, 1.807) is 13.3 Å². The third-order valence-electron chi connectivity index (χ3n) is 5.31. The van der Waals surface area contributed by atoms with Crippen molar-refractivity contribution in [2.75, 3.05) is 39.2 Å². The monoisotopic (exact) mass is 466 g/mol. The second-order valence-corrected chi connectivity index (χ2v) is 8.53. The van der Waals surface area contributed by atoms with Gasteiger partial charge >= 0.3 is 0 Å². The van der Waals surface area contributed by atoms with Crippen LogP contribution in [0.2, 0.25) is 0 Å². The summed E-state index contributed by atoms with van der Waals surface area (Å²) >= 11 is 1.42. The van der Waals surface area contributed by atoms with Crippen LogP contribution in [0.15, 0.2) is 64.7 Å². The molecule has 0 saturated carbocycles. The number of methoxy groups -OCH3 is 1. The van der Waals surface area contributed by atoms with Crippen molar-refractivity contribution in [1.29, 1.82) is 0 Å². The summed E-state index contributed by atoms with van der Waals surface area (Å²) in [5.74, 6) is 0.892. The van der Waals surface area contributed by atoms with Crippen LogP contribution in [0.25, 0.3) is 10.9 Å². The molecule has 2 heterocycles. The number of rotatable bonds is 8. The van der Waals surface area contributed by atoms with Crippen molar-refractivity contribution < 1.29 is 19.1 Å². The summed E-state index contributed by atoms with van der Waals surface area (Å²) in [6.45, 7) is 2.64. The number of hydrogen-bond acceptors (Lipinski definition) is 6. The molecule has 0 radical (unpaired) electrons. The predicted octanol–water partition coefficient (Wildman–Crippen LogP) is 2.75. The molecule has 0 spiro atoms. The van der Waals surface area contributed by atoms with Gasteiger partial charge in [0.2, 0.25) is 11.8 Å². The van der Waals surface area contributed by atoms with E-state index in [2.05, 4.69) is 10.5 Å². The topological polar surface area (TPSA) is 85.2 Å². The van der Waals surface area contributed by atoms with Gasteiger partial charge < -0.3 is 18.9 Å². The van der Waals surface area contributed by atoms with Gasteiger partial charge in [0.1, 0.15) is 12.3 Å². The molecule has 3 aromatic rings. The number of para-hydroxylation sites is 1. The molecule has 1 fully saturated rings. The van der Waals surface area contributed by atoms with Crippen LogP contribution < -0.4 is 10.2 Å². The Balaban J connectivity index is 1.37. The second kappa shape index (κ2) is 11.0. The zero-order chi connectivity index (χ0) is 23.0. The standard InChI is InChI=1S/C24H26N4O4S/c1-31-19-6-8-20(9-7-19)33-17-23(29)26-25-14-18-15-28(22-5-3-2-4-21(18)22)16-24(30)27-10-12-32-13-11-27/h2-9,14-15H,10-13,16-17H2,1H3,(H,26,29)/b25-14+. The fourth-order valence-corrected chi connectivity index (χ4v) is 4.29. The second-order valence-electron chi connectivity index (χ2n) is 7.48. The number of nitrogens with one attached hydrogen (secondary N) is 1. The highest BCUT2D eigenvalue weighted by Crippen LogP contribution is 2.22. The van der Waals surface area contributed by atoms with E-state index in [9.17, 15) is 9.59 Å². The zero-order valence-electron chi connectivity index (χ0n) is 18.4. The van der Waals surface area contributed by atoms with Crippen LogP contribution in [0, 0.1) is 0 Å². The van der Waals surface area contributed by atoms with Gasteiger partial charge in [-0.15, -0.1) is 11.8 Å². The highest BCUT2D eigenvalue weighted by Gasteiger charge is 2.18. The molecule has 1 N–H and O–H groups in total. The predicted molar refractivity (Wildman–Crippen MR) is 129 cm³/mol. The van der Waals surface area contributed by atoms with Gasteiger partial charge in [-0.2, -0.15) is 5.10 Å². The Morgan fingerprint density at radius 3 is 2.67 bits per heavy atom. The Hall–Kier alpha value is -3.30. The number of hydrazone groups is 1. The molecule has 9 heteroatoms. The third-order valence-corrected chi connectivity index (χ3v) is 6.32. The first-order valence-corrected chi connectivity index (χ1v) is 11.6. The summed E-state index contributed by atoms with van der Waals surface area (Å²) in [5.41, 5.74) is 4.36. The normalized spacial score (nSPS) is 14.0. The van der Waals surface area contributed by atoms with E-state index in [1.807, 2.05) is 64.2 Å². The minimum absolute atomic E-state index is 0.0615. The SMILES string of the molecule is COc1ccc(SCC(=O)N/N=C/c2cn(CC(=O)N3CCOCC3)c3ccccc23)cc1. The molecular formula is C24H26N4O4S. The molecular weight excluding hydrogens is 440 g/mol. The molecule has 4 rings (SSSR count). The number of carbonyl (C=O) groups is 2. The molecule has 172 valence electrons. The van der Waals surface area contributed by atoms with Crippen molar-refractivity contribution in [1.82, 2.24) is 14.9 Å². The van der Waals surface area contributed by atoms with Gasteiger partial charge in [0.25, 0.3) is 0 Å². The molecule has 2 aromatic carbocycles. The first-order chi connectivity index (χ1) is 16.1. The quantitative estimate of drug-likeness (QED) is 0.314. The molecule has 0 unspecified atom stereocenters. The van der Waals surface area contributed by atoms with Gasteiger partial charge in [0, 0.05) is 40.6 Å². The van der Waals surface area contributed by atoms with Gasteiger partial charge in [-0.25, -0.2) is 5.43 Å². The molecule has 0 aliphatic carbocycles. The lowest BCUT2D eigenvalue weighted by molar-refractivity contribution is -0.135. The van der Waals surface area contributed by atoms with E-state index in [0.29, 0.717) is 26.3 Å². The molecule has 1 aliphatic rings. The lowest BCUT2D eigenvalue weighted by Gasteiger charge is -2.27. The summed E-state index contributed by atoms with van der Waals surface area (Å²) in [5, 5.41) is 5.10. The average molecular weight is 467 g/mol. The van der Waals surface area contributed by atoms with Crippen LogP contribution in [-0.4, -0.2) is 66.7 Å². The van der Waals surface area contributed by atoms with Crippen molar-refractivity contribution in [2.45, 2.75) is 11.4 Å². The van der Waals surface area contributed by atoms with Crippen LogP contribution in [0.5, 0.6) is 5.75 Å². The smallest absolute Gasteiger partial charge is 0.250 e. The number of thioether (sulfide) groups is 1. The lowest BCUT2D eigenvalue weighted by Crippen LogP contribution is -2.42.